The van der Waals surface area contributed by atoms with Gasteiger partial charge in [0.05, 0.1) is 5.84 Å². The predicted molar refractivity (Wildman–Crippen MR) is 76.0 cm³/mol. The lowest BCUT2D eigenvalue weighted by Gasteiger charge is -2.38. The van der Waals surface area contributed by atoms with E-state index < -0.39 is 0 Å². The van der Waals surface area contributed by atoms with Gasteiger partial charge in [-0.1, -0.05) is 30.7 Å². The van der Waals surface area contributed by atoms with Gasteiger partial charge in [0.1, 0.15) is 0 Å². The van der Waals surface area contributed by atoms with E-state index in [0.29, 0.717) is 5.84 Å². The molecule has 0 saturated carbocycles. The fourth-order valence-corrected chi connectivity index (χ4v) is 2.58. The van der Waals surface area contributed by atoms with Crippen molar-refractivity contribution in [3.05, 3.63) is 34.9 Å². The van der Waals surface area contributed by atoms with Gasteiger partial charge in [-0.15, -0.1) is 0 Å². The lowest BCUT2D eigenvalue weighted by molar-refractivity contribution is 0.156. The van der Waals surface area contributed by atoms with Gasteiger partial charge >= 0.3 is 0 Å². The topological polar surface area (TPSA) is 53.1 Å². The molecular weight excluding hydrogens is 246 g/mol. The lowest BCUT2D eigenvalue weighted by Crippen LogP contribution is -2.44. The van der Waals surface area contributed by atoms with E-state index in [1.165, 1.54) is 5.56 Å². The van der Waals surface area contributed by atoms with Gasteiger partial charge in [-0.05, 0) is 43.6 Å². The smallest absolute Gasteiger partial charge is 0.0966 e. The second-order valence-electron chi connectivity index (χ2n) is 5.38. The number of nitrogens with zero attached hydrogens (tertiary/aromatic N) is 1. The number of likely N-dealkylation sites (tertiary alicyclic amines) is 1. The summed E-state index contributed by atoms with van der Waals surface area (Å²) >= 11 is 5.99. The van der Waals surface area contributed by atoms with Gasteiger partial charge in [0.15, 0.2) is 0 Å². The summed E-state index contributed by atoms with van der Waals surface area (Å²) < 4.78 is 0. The highest BCUT2D eigenvalue weighted by Gasteiger charge is 2.32. The van der Waals surface area contributed by atoms with Crippen LogP contribution in [0.4, 0.5) is 0 Å². The van der Waals surface area contributed by atoms with E-state index in [-0.39, 0.29) is 5.41 Å². The van der Waals surface area contributed by atoms with E-state index in [2.05, 4.69) is 17.9 Å². The van der Waals surface area contributed by atoms with Crippen molar-refractivity contribution in [2.45, 2.75) is 26.3 Å². The summed E-state index contributed by atoms with van der Waals surface area (Å²) in [6.07, 6.45) is 1.92. The summed E-state index contributed by atoms with van der Waals surface area (Å²) in [7, 11) is 0. The van der Waals surface area contributed by atoms with Gasteiger partial charge in [-0.25, -0.2) is 0 Å². The molecule has 4 heteroatoms. The van der Waals surface area contributed by atoms with Gasteiger partial charge in [-0.2, -0.15) is 0 Å². The van der Waals surface area contributed by atoms with Crippen molar-refractivity contribution < 1.29 is 0 Å². The molecule has 0 spiro atoms. The number of rotatable bonds is 3. The van der Waals surface area contributed by atoms with Crippen LogP contribution in [0.5, 0.6) is 0 Å². The number of hydrogen-bond donors (Lipinski definition) is 2. The van der Waals surface area contributed by atoms with Gasteiger partial charge < -0.3 is 5.73 Å². The molecule has 0 atom stereocenters. The lowest BCUT2D eigenvalue weighted by atomic mass is 9.79. The molecule has 1 saturated heterocycles. The molecule has 1 aromatic rings. The average molecular weight is 266 g/mol. The molecule has 0 aromatic heterocycles. The maximum atomic E-state index is 7.64. The fraction of sp³-hybridized carbons (Fsp3) is 0.500. The molecule has 2 rings (SSSR count). The number of piperidine rings is 1. The second-order valence-corrected chi connectivity index (χ2v) is 5.82. The zero-order valence-corrected chi connectivity index (χ0v) is 11.5. The van der Waals surface area contributed by atoms with Crippen LogP contribution in [0.15, 0.2) is 24.3 Å². The number of hydrogen-bond acceptors (Lipinski definition) is 2. The van der Waals surface area contributed by atoms with E-state index in [4.69, 9.17) is 22.7 Å². The van der Waals surface area contributed by atoms with Crippen LogP contribution in [0.3, 0.4) is 0 Å². The van der Waals surface area contributed by atoms with Crippen molar-refractivity contribution in [3.8, 4) is 0 Å². The summed E-state index contributed by atoms with van der Waals surface area (Å²) in [5.74, 6) is 0.324. The van der Waals surface area contributed by atoms with E-state index in [1.54, 1.807) is 0 Å². The van der Waals surface area contributed by atoms with Crippen molar-refractivity contribution in [1.29, 1.82) is 5.41 Å². The van der Waals surface area contributed by atoms with E-state index in [1.807, 2.05) is 18.2 Å². The number of nitrogens with one attached hydrogen (secondary N) is 1. The Balaban J connectivity index is 1.93. The third-order valence-corrected chi connectivity index (χ3v) is 4.14. The molecule has 1 aliphatic heterocycles. The zero-order chi connectivity index (χ0) is 13.2. The zero-order valence-electron chi connectivity index (χ0n) is 10.7. The molecule has 0 aliphatic carbocycles. The van der Waals surface area contributed by atoms with Crippen LogP contribution in [-0.4, -0.2) is 23.8 Å². The summed E-state index contributed by atoms with van der Waals surface area (Å²) in [5, 5.41) is 8.43. The van der Waals surface area contributed by atoms with Crippen LogP contribution in [0.1, 0.15) is 25.3 Å². The molecule has 98 valence electrons. The van der Waals surface area contributed by atoms with Crippen LogP contribution in [-0.2, 0) is 6.54 Å². The van der Waals surface area contributed by atoms with Crippen molar-refractivity contribution >= 4 is 17.4 Å². The molecule has 1 heterocycles. The SMILES string of the molecule is CC1(C(=N)N)CCN(Cc2cccc(Cl)c2)CC1. The first-order valence-electron chi connectivity index (χ1n) is 6.31. The minimum Gasteiger partial charge on any atom is -0.387 e. The summed E-state index contributed by atoms with van der Waals surface area (Å²) in [4.78, 5) is 2.40. The van der Waals surface area contributed by atoms with Gasteiger partial charge in [0.25, 0.3) is 0 Å². The van der Waals surface area contributed by atoms with Crippen molar-refractivity contribution in [3.63, 3.8) is 0 Å². The van der Waals surface area contributed by atoms with E-state index >= 15 is 0 Å². The molecule has 3 nitrogen and oxygen atoms in total. The Bertz CT molecular complexity index is 436. The number of halogens is 1. The van der Waals surface area contributed by atoms with Gasteiger partial charge in [0, 0.05) is 17.0 Å². The molecular formula is C14H20ClN3. The first-order valence-corrected chi connectivity index (χ1v) is 6.69. The monoisotopic (exact) mass is 265 g/mol. The fourth-order valence-electron chi connectivity index (χ4n) is 2.37. The Morgan fingerprint density at radius 1 is 1.44 bits per heavy atom. The van der Waals surface area contributed by atoms with Crippen LogP contribution in [0.2, 0.25) is 5.02 Å². The quantitative estimate of drug-likeness (QED) is 0.652. The van der Waals surface area contributed by atoms with Crippen molar-refractivity contribution in [1.82, 2.24) is 4.90 Å². The Morgan fingerprint density at radius 3 is 2.67 bits per heavy atom. The molecule has 1 aliphatic rings. The maximum Gasteiger partial charge on any atom is 0.0966 e. The Labute approximate surface area is 113 Å². The minimum absolute atomic E-state index is 0.106. The molecule has 1 aromatic carbocycles. The highest BCUT2D eigenvalue weighted by molar-refractivity contribution is 6.30. The number of benzene rings is 1. The van der Waals surface area contributed by atoms with Gasteiger partial charge in [0.2, 0.25) is 0 Å². The Morgan fingerprint density at radius 2 is 2.11 bits per heavy atom. The minimum atomic E-state index is -0.106. The van der Waals surface area contributed by atoms with E-state index in [0.717, 1.165) is 37.5 Å². The van der Waals surface area contributed by atoms with Crippen LogP contribution in [0, 0.1) is 10.8 Å². The third kappa shape index (κ3) is 3.03. The first-order chi connectivity index (χ1) is 8.49. The van der Waals surface area contributed by atoms with Crippen LogP contribution < -0.4 is 5.73 Å². The number of nitrogens with two attached hydrogens (primary N) is 1. The van der Waals surface area contributed by atoms with Crippen LogP contribution >= 0.6 is 11.6 Å². The molecule has 0 bridgehead atoms. The summed E-state index contributed by atoms with van der Waals surface area (Å²) in [6.45, 7) is 4.99. The molecule has 18 heavy (non-hydrogen) atoms. The molecule has 0 unspecified atom stereocenters. The standard InChI is InChI=1S/C14H20ClN3/c1-14(13(16)17)5-7-18(8-6-14)10-11-3-2-4-12(15)9-11/h2-4,9H,5-8,10H2,1H3,(H3,16,17). The highest BCUT2D eigenvalue weighted by atomic mass is 35.5. The highest BCUT2D eigenvalue weighted by Crippen LogP contribution is 2.31. The Hall–Kier alpha value is -1.06. The Kier molecular flexibility index (Phi) is 3.93. The largest absolute Gasteiger partial charge is 0.387 e. The summed E-state index contributed by atoms with van der Waals surface area (Å²) in [6, 6.07) is 8.00. The normalized spacial score (nSPS) is 19.7. The second kappa shape index (κ2) is 5.29. The molecule has 3 N–H and O–H groups in total. The average Bonchev–Trinajstić information content (AvgIpc) is 2.32. The maximum absolute atomic E-state index is 7.64. The van der Waals surface area contributed by atoms with Gasteiger partial charge in [-0.3, -0.25) is 10.3 Å². The molecule has 0 amide bonds. The molecule has 1 fully saturated rings. The van der Waals surface area contributed by atoms with E-state index in [9.17, 15) is 0 Å². The van der Waals surface area contributed by atoms with Crippen molar-refractivity contribution in [2.75, 3.05) is 13.1 Å². The first kappa shape index (κ1) is 13.4. The predicted octanol–water partition coefficient (Wildman–Crippen LogP) is 2.88. The summed E-state index contributed by atoms with van der Waals surface area (Å²) in [5.41, 5.74) is 6.80. The van der Waals surface area contributed by atoms with Crippen LogP contribution in [0.25, 0.3) is 0 Å². The van der Waals surface area contributed by atoms with Crippen molar-refractivity contribution in [2.24, 2.45) is 11.1 Å². The third-order valence-electron chi connectivity index (χ3n) is 3.91. The molecule has 0 radical (unpaired) electrons. The number of amidine groups is 1.